The van der Waals surface area contributed by atoms with Crippen LogP contribution < -0.4 is 10.2 Å². The molecule has 0 unspecified atom stereocenters. The number of nitriles is 1. The average molecular weight is 417 g/mol. The van der Waals surface area contributed by atoms with E-state index in [1.165, 1.54) is 6.07 Å². The molecule has 2 aromatic carbocycles. The molecule has 0 spiro atoms. The largest absolute Gasteiger partial charge is 0.354 e. The fraction of sp³-hybridized carbons (Fsp3) is 0.292. The van der Waals surface area contributed by atoms with Crippen molar-refractivity contribution < 1.29 is 9.18 Å². The van der Waals surface area contributed by atoms with Crippen LogP contribution in [0.1, 0.15) is 23.1 Å². The van der Waals surface area contributed by atoms with Gasteiger partial charge in [0, 0.05) is 31.6 Å². The molecule has 1 saturated heterocycles. The zero-order chi connectivity index (χ0) is 22.0. The van der Waals surface area contributed by atoms with E-state index < -0.39 is 5.82 Å². The molecule has 2 heterocycles. The summed E-state index contributed by atoms with van der Waals surface area (Å²) >= 11 is 0. The van der Waals surface area contributed by atoms with Crippen LogP contribution >= 0.6 is 0 Å². The molecule has 0 aliphatic carbocycles. The molecule has 0 bridgehead atoms. The first-order chi connectivity index (χ1) is 15.0. The summed E-state index contributed by atoms with van der Waals surface area (Å²) in [7, 11) is 0. The lowest BCUT2D eigenvalue weighted by Crippen LogP contribution is -2.38. The van der Waals surface area contributed by atoms with Crippen LogP contribution in [0.25, 0.3) is 10.9 Å². The first kappa shape index (κ1) is 20.6. The summed E-state index contributed by atoms with van der Waals surface area (Å²) in [5.41, 5.74) is 3.85. The molecular formula is C24H24FN5O. The van der Waals surface area contributed by atoms with Crippen LogP contribution in [0.15, 0.2) is 42.5 Å². The molecule has 0 radical (unpaired) electrons. The summed E-state index contributed by atoms with van der Waals surface area (Å²) in [4.78, 5) is 21.3. The smallest absolute Gasteiger partial charge is 0.321 e. The zero-order valence-corrected chi connectivity index (χ0v) is 17.7. The number of anilines is 2. The molecule has 2 amide bonds. The monoisotopic (exact) mass is 417 g/mol. The lowest BCUT2D eigenvalue weighted by Gasteiger charge is -2.24. The predicted molar refractivity (Wildman–Crippen MR) is 120 cm³/mol. The van der Waals surface area contributed by atoms with Crippen LogP contribution in [-0.2, 0) is 0 Å². The van der Waals surface area contributed by atoms with E-state index in [1.54, 1.807) is 23.1 Å². The van der Waals surface area contributed by atoms with Gasteiger partial charge in [-0.3, -0.25) is 0 Å². The lowest BCUT2D eigenvalue weighted by atomic mass is 10.0. The third-order valence-corrected chi connectivity index (χ3v) is 5.81. The van der Waals surface area contributed by atoms with Gasteiger partial charge in [0.2, 0.25) is 0 Å². The molecule has 0 atom stereocenters. The Hall–Kier alpha value is -3.66. The number of pyridine rings is 1. The number of hydrogen-bond acceptors (Lipinski definition) is 4. The second kappa shape index (κ2) is 8.60. The quantitative estimate of drug-likeness (QED) is 0.661. The van der Waals surface area contributed by atoms with Crippen molar-refractivity contribution in [2.45, 2.75) is 20.3 Å². The number of nitrogens with zero attached hydrogens (tertiary/aromatic N) is 4. The summed E-state index contributed by atoms with van der Waals surface area (Å²) in [5.74, 6) is 0.192. The van der Waals surface area contributed by atoms with Gasteiger partial charge < -0.3 is 15.1 Å². The van der Waals surface area contributed by atoms with Crippen LogP contribution in [0.2, 0.25) is 0 Å². The molecule has 4 rings (SSSR count). The summed E-state index contributed by atoms with van der Waals surface area (Å²) in [6.45, 7) is 6.32. The van der Waals surface area contributed by atoms with E-state index in [4.69, 9.17) is 4.98 Å². The van der Waals surface area contributed by atoms with Crippen LogP contribution in [0.3, 0.4) is 0 Å². The van der Waals surface area contributed by atoms with Crippen molar-refractivity contribution in [3.63, 3.8) is 0 Å². The van der Waals surface area contributed by atoms with Gasteiger partial charge in [-0.2, -0.15) is 5.26 Å². The van der Waals surface area contributed by atoms with E-state index in [9.17, 15) is 14.4 Å². The Bertz CT molecular complexity index is 1190. The van der Waals surface area contributed by atoms with Gasteiger partial charge in [0.1, 0.15) is 17.7 Å². The number of aryl methyl sites for hydroxylation is 2. The van der Waals surface area contributed by atoms with Gasteiger partial charge in [-0.05, 0) is 49.6 Å². The number of fused-ring (bicyclic) bond motifs is 1. The fourth-order valence-electron chi connectivity index (χ4n) is 3.89. The Kier molecular flexibility index (Phi) is 5.72. The number of urea groups is 1. The maximum Gasteiger partial charge on any atom is 0.321 e. The molecule has 1 N–H and O–H groups in total. The molecular weight excluding hydrogens is 393 g/mol. The first-order valence-corrected chi connectivity index (χ1v) is 10.3. The molecule has 0 saturated carbocycles. The minimum absolute atomic E-state index is 0.169. The molecule has 1 aliphatic heterocycles. The van der Waals surface area contributed by atoms with E-state index in [1.807, 2.05) is 32.0 Å². The highest BCUT2D eigenvalue weighted by molar-refractivity contribution is 5.89. The van der Waals surface area contributed by atoms with Gasteiger partial charge in [-0.15, -0.1) is 0 Å². The van der Waals surface area contributed by atoms with Gasteiger partial charge >= 0.3 is 6.03 Å². The van der Waals surface area contributed by atoms with Crippen molar-refractivity contribution >= 4 is 28.4 Å². The maximum atomic E-state index is 13.9. The molecule has 1 aromatic heterocycles. The van der Waals surface area contributed by atoms with Gasteiger partial charge in [0.25, 0.3) is 0 Å². The number of carbonyl (C=O) groups excluding carboxylic acids is 1. The standard InChI is InChI=1S/C24H24FN5O/c1-16-8-9-18-14-19(15-26)23(28-22(18)17(16)2)29-10-5-11-30(13-12-29)24(31)27-21-7-4-3-6-20(21)25/h3-4,6-9,14H,5,10-13H2,1-2H3,(H,27,31). The van der Waals surface area contributed by atoms with Gasteiger partial charge in [0.15, 0.2) is 0 Å². The number of halogens is 1. The van der Waals surface area contributed by atoms with Gasteiger partial charge in [0.05, 0.1) is 16.8 Å². The van der Waals surface area contributed by atoms with Crippen LogP contribution in [0.5, 0.6) is 0 Å². The van der Waals surface area contributed by atoms with Crippen molar-refractivity contribution in [1.29, 1.82) is 5.26 Å². The molecule has 1 aliphatic rings. The summed E-state index contributed by atoms with van der Waals surface area (Å²) < 4.78 is 13.9. The minimum atomic E-state index is -0.461. The number of aromatic nitrogens is 1. The summed E-state index contributed by atoms with van der Waals surface area (Å²) in [6, 6.07) is 14.0. The zero-order valence-electron chi connectivity index (χ0n) is 17.7. The van der Waals surface area contributed by atoms with Crippen molar-refractivity contribution in [2.75, 3.05) is 36.4 Å². The number of para-hydroxylation sites is 1. The molecule has 31 heavy (non-hydrogen) atoms. The second-order valence-corrected chi connectivity index (χ2v) is 7.79. The second-order valence-electron chi connectivity index (χ2n) is 7.79. The van der Waals surface area contributed by atoms with Crippen molar-refractivity contribution in [3.8, 4) is 6.07 Å². The Labute approximate surface area is 180 Å². The average Bonchev–Trinajstić information content (AvgIpc) is 3.03. The van der Waals surface area contributed by atoms with Crippen LogP contribution in [0, 0.1) is 31.0 Å². The molecule has 7 heteroatoms. The SMILES string of the molecule is Cc1ccc2cc(C#N)c(N3CCCN(C(=O)Nc4ccccc4F)CC3)nc2c1C. The Morgan fingerprint density at radius 3 is 2.71 bits per heavy atom. The van der Waals surface area contributed by atoms with Crippen molar-refractivity contribution in [3.05, 3.63) is 65.0 Å². The first-order valence-electron chi connectivity index (χ1n) is 10.3. The summed E-state index contributed by atoms with van der Waals surface area (Å²) in [5, 5.41) is 13.3. The van der Waals surface area contributed by atoms with E-state index in [2.05, 4.69) is 16.3 Å². The van der Waals surface area contributed by atoms with Crippen LogP contribution in [0.4, 0.5) is 20.7 Å². The van der Waals surface area contributed by atoms with Crippen molar-refractivity contribution in [2.24, 2.45) is 0 Å². The molecule has 158 valence electrons. The fourth-order valence-corrected chi connectivity index (χ4v) is 3.89. The molecule has 3 aromatic rings. The number of amides is 2. The predicted octanol–water partition coefficient (Wildman–Crippen LogP) is 4.61. The van der Waals surface area contributed by atoms with E-state index >= 15 is 0 Å². The normalized spacial score (nSPS) is 14.3. The highest BCUT2D eigenvalue weighted by Crippen LogP contribution is 2.27. The lowest BCUT2D eigenvalue weighted by molar-refractivity contribution is 0.215. The Morgan fingerprint density at radius 2 is 1.94 bits per heavy atom. The molecule has 6 nitrogen and oxygen atoms in total. The van der Waals surface area contributed by atoms with E-state index in [-0.39, 0.29) is 11.7 Å². The number of hydrogen-bond donors (Lipinski definition) is 1. The third-order valence-electron chi connectivity index (χ3n) is 5.81. The molecule has 1 fully saturated rings. The van der Waals surface area contributed by atoms with E-state index in [0.717, 1.165) is 28.5 Å². The number of carbonyl (C=O) groups is 1. The highest BCUT2D eigenvalue weighted by Gasteiger charge is 2.23. The summed E-state index contributed by atoms with van der Waals surface area (Å²) in [6.07, 6.45) is 0.724. The Balaban J connectivity index is 1.55. The topological polar surface area (TPSA) is 72.3 Å². The van der Waals surface area contributed by atoms with E-state index in [0.29, 0.717) is 37.6 Å². The third kappa shape index (κ3) is 4.15. The van der Waals surface area contributed by atoms with Crippen LogP contribution in [-0.4, -0.2) is 42.1 Å². The van der Waals surface area contributed by atoms with Crippen molar-refractivity contribution in [1.82, 2.24) is 9.88 Å². The maximum absolute atomic E-state index is 13.9. The Morgan fingerprint density at radius 1 is 1.13 bits per heavy atom. The number of rotatable bonds is 2. The van der Waals surface area contributed by atoms with Gasteiger partial charge in [-0.25, -0.2) is 14.2 Å². The minimum Gasteiger partial charge on any atom is -0.354 e. The highest BCUT2D eigenvalue weighted by atomic mass is 19.1. The number of benzene rings is 2. The number of nitrogens with one attached hydrogen (secondary N) is 1. The van der Waals surface area contributed by atoms with Gasteiger partial charge in [-0.1, -0.05) is 24.3 Å².